The van der Waals surface area contributed by atoms with Crippen LogP contribution in [-0.2, 0) is 10.0 Å². The number of piperazine rings is 1. The van der Waals surface area contributed by atoms with Crippen LogP contribution in [0, 0.1) is 0 Å². The van der Waals surface area contributed by atoms with Crippen molar-refractivity contribution in [1.82, 2.24) is 9.21 Å². The molecule has 0 aliphatic carbocycles. The number of ether oxygens (including phenoxy) is 1. The third kappa shape index (κ3) is 4.26. The van der Waals surface area contributed by atoms with Crippen LogP contribution in [0.3, 0.4) is 0 Å². The lowest BCUT2D eigenvalue weighted by Gasteiger charge is -2.34. The minimum Gasteiger partial charge on any atom is -0.493 e. The number of amides is 1. The average Bonchev–Trinajstić information content (AvgIpc) is 2.68. The summed E-state index contributed by atoms with van der Waals surface area (Å²) < 4.78 is 32.5. The standard InChI is InChI=1S/C19H21ClN2O4S/c1-2-26-18-9-4-3-8-17(18)19(23)21-10-12-22(13-11-21)27(24,25)16-7-5-6-15(20)14-16/h3-9,14H,2,10-13H2,1H3. The summed E-state index contributed by atoms with van der Waals surface area (Å²) >= 11 is 5.92. The fraction of sp³-hybridized carbons (Fsp3) is 0.316. The Morgan fingerprint density at radius 2 is 1.78 bits per heavy atom. The van der Waals surface area contributed by atoms with Gasteiger partial charge >= 0.3 is 0 Å². The van der Waals surface area contributed by atoms with Crippen molar-refractivity contribution in [3.05, 3.63) is 59.1 Å². The maximum atomic E-state index is 12.8. The summed E-state index contributed by atoms with van der Waals surface area (Å²) in [6.07, 6.45) is 0. The summed E-state index contributed by atoms with van der Waals surface area (Å²) in [6.45, 7) is 3.43. The van der Waals surface area contributed by atoms with Gasteiger partial charge in [0, 0.05) is 31.2 Å². The van der Waals surface area contributed by atoms with Crippen LogP contribution in [0.2, 0.25) is 5.02 Å². The monoisotopic (exact) mass is 408 g/mol. The Hall–Kier alpha value is -2.09. The Balaban J connectivity index is 1.71. The van der Waals surface area contributed by atoms with Gasteiger partial charge in [-0.25, -0.2) is 8.42 Å². The first kappa shape index (κ1) is 19.7. The van der Waals surface area contributed by atoms with E-state index in [1.807, 2.05) is 13.0 Å². The molecule has 1 heterocycles. The van der Waals surface area contributed by atoms with Crippen molar-refractivity contribution in [2.45, 2.75) is 11.8 Å². The van der Waals surface area contributed by atoms with E-state index in [9.17, 15) is 13.2 Å². The van der Waals surface area contributed by atoms with E-state index in [1.54, 1.807) is 35.2 Å². The summed E-state index contributed by atoms with van der Waals surface area (Å²) in [5, 5.41) is 0.373. The Morgan fingerprint density at radius 1 is 1.07 bits per heavy atom. The molecule has 2 aromatic carbocycles. The molecule has 1 saturated heterocycles. The summed E-state index contributed by atoms with van der Waals surface area (Å²) in [5.74, 6) is 0.387. The van der Waals surface area contributed by atoms with Gasteiger partial charge < -0.3 is 9.64 Å². The van der Waals surface area contributed by atoms with Crippen molar-refractivity contribution in [3.8, 4) is 5.75 Å². The second-order valence-corrected chi connectivity index (χ2v) is 8.46. The highest BCUT2D eigenvalue weighted by molar-refractivity contribution is 7.89. The van der Waals surface area contributed by atoms with Crippen molar-refractivity contribution in [3.63, 3.8) is 0 Å². The molecule has 0 bridgehead atoms. The predicted octanol–water partition coefficient (Wildman–Crippen LogP) is 2.89. The molecule has 1 aliphatic rings. The van der Waals surface area contributed by atoms with Crippen molar-refractivity contribution < 1.29 is 17.9 Å². The smallest absolute Gasteiger partial charge is 0.257 e. The minimum atomic E-state index is -3.63. The zero-order valence-corrected chi connectivity index (χ0v) is 16.5. The van der Waals surface area contributed by atoms with Crippen LogP contribution >= 0.6 is 11.6 Å². The lowest BCUT2D eigenvalue weighted by Crippen LogP contribution is -2.50. The van der Waals surface area contributed by atoms with Crippen LogP contribution in [0.1, 0.15) is 17.3 Å². The van der Waals surface area contributed by atoms with E-state index >= 15 is 0 Å². The number of halogens is 1. The highest BCUT2D eigenvalue weighted by Gasteiger charge is 2.31. The fourth-order valence-corrected chi connectivity index (χ4v) is 4.73. The Kier molecular flexibility index (Phi) is 6.04. The quantitative estimate of drug-likeness (QED) is 0.762. The molecule has 0 aromatic heterocycles. The van der Waals surface area contributed by atoms with E-state index in [4.69, 9.17) is 16.3 Å². The largest absolute Gasteiger partial charge is 0.493 e. The zero-order valence-electron chi connectivity index (χ0n) is 15.0. The van der Waals surface area contributed by atoms with Gasteiger partial charge in [-0.15, -0.1) is 0 Å². The van der Waals surface area contributed by atoms with Gasteiger partial charge in [0.1, 0.15) is 5.75 Å². The zero-order chi connectivity index (χ0) is 19.4. The van der Waals surface area contributed by atoms with Gasteiger partial charge in [-0.3, -0.25) is 4.79 Å². The maximum absolute atomic E-state index is 12.8. The first-order chi connectivity index (χ1) is 12.9. The molecule has 6 nitrogen and oxygen atoms in total. The van der Waals surface area contributed by atoms with Crippen LogP contribution in [0.4, 0.5) is 0 Å². The molecular weight excluding hydrogens is 388 g/mol. The molecule has 0 radical (unpaired) electrons. The number of carbonyl (C=O) groups excluding carboxylic acids is 1. The highest BCUT2D eigenvalue weighted by atomic mass is 35.5. The first-order valence-electron chi connectivity index (χ1n) is 8.70. The van der Waals surface area contributed by atoms with Gasteiger partial charge in [-0.2, -0.15) is 4.31 Å². The molecule has 0 unspecified atom stereocenters. The van der Waals surface area contributed by atoms with E-state index < -0.39 is 10.0 Å². The summed E-state index contributed by atoms with van der Waals surface area (Å²) in [6, 6.07) is 13.3. The molecule has 0 saturated carbocycles. The molecule has 0 N–H and O–H groups in total. The van der Waals surface area contributed by atoms with Crippen LogP contribution < -0.4 is 4.74 Å². The van der Waals surface area contributed by atoms with Crippen LogP contribution in [-0.4, -0.2) is 56.3 Å². The third-order valence-electron chi connectivity index (χ3n) is 4.38. The number of sulfonamides is 1. The van der Waals surface area contributed by atoms with E-state index in [2.05, 4.69) is 0 Å². The molecule has 27 heavy (non-hydrogen) atoms. The molecule has 0 spiro atoms. The van der Waals surface area contributed by atoms with E-state index in [-0.39, 0.29) is 23.9 Å². The van der Waals surface area contributed by atoms with Crippen LogP contribution in [0.25, 0.3) is 0 Å². The third-order valence-corrected chi connectivity index (χ3v) is 6.51. The second-order valence-electron chi connectivity index (χ2n) is 6.08. The maximum Gasteiger partial charge on any atom is 0.257 e. The number of nitrogens with zero attached hydrogens (tertiary/aromatic N) is 2. The molecule has 3 rings (SSSR count). The molecule has 1 aliphatic heterocycles. The number of rotatable bonds is 5. The SMILES string of the molecule is CCOc1ccccc1C(=O)N1CCN(S(=O)(=O)c2cccc(Cl)c2)CC1. The fourth-order valence-electron chi connectivity index (χ4n) is 3.00. The molecular formula is C19H21ClN2O4S. The second kappa shape index (κ2) is 8.29. The van der Waals surface area contributed by atoms with Gasteiger partial charge in [0.2, 0.25) is 10.0 Å². The molecule has 2 aromatic rings. The molecule has 1 fully saturated rings. The van der Waals surface area contributed by atoms with Gasteiger partial charge in [0.15, 0.2) is 0 Å². The Bertz CT molecular complexity index is 925. The van der Waals surface area contributed by atoms with Gasteiger partial charge in [0.25, 0.3) is 5.91 Å². The number of hydrogen-bond donors (Lipinski definition) is 0. The number of para-hydroxylation sites is 1. The topological polar surface area (TPSA) is 66.9 Å². The number of carbonyl (C=O) groups is 1. The van der Waals surface area contributed by atoms with Gasteiger partial charge in [0.05, 0.1) is 17.1 Å². The first-order valence-corrected chi connectivity index (χ1v) is 10.5. The summed E-state index contributed by atoms with van der Waals surface area (Å²) in [4.78, 5) is 14.6. The van der Waals surface area contributed by atoms with Crippen molar-refractivity contribution >= 4 is 27.5 Å². The van der Waals surface area contributed by atoms with E-state index in [0.29, 0.717) is 36.0 Å². The Labute approximate surface area is 164 Å². The molecule has 1 amide bonds. The van der Waals surface area contributed by atoms with Gasteiger partial charge in [-0.05, 0) is 37.3 Å². The molecule has 8 heteroatoms. The minimum absolute atomic E-state index is 0.154. The van der Waals surface area contributed by atoms with Crippen molar-refractivity contribution in [2.75, 3.05) is 32.8 Å². The van der Waals surface area contributed by atoms with Gasteiger partial charge in [-0.1, -0.05) is 29.8 Å². The van der Waals surface area contributed by atoms with E-state index in [0.717, 1.165) is 0 Å². The van der Waals surface area contributed by atoms with Crippen molar-refractivity contribution in [1.29, 1.82) is 0 Å². The predicted molar refractivity (Wildman–Crippen MR) is 104 cm³/mol. The van der Waals surface area contributed by atoms with Crippen LogP contribution in [0.15, 0.2) is 53.4 Å². The average molecular weight is 409 g/mol. The summed E-state index contributed by atoms with van der Waals surface area (Å²) in [7, 11) is -3.63. The van der Waals surface area contributed by atoms with Crippen LogP contribution in [0.5, 0.6) is 5.75 Å². The van der Waals surface area contributed by atoms with Crippen molar-refractivity contribution in [2.24, 2.45) is 0 Å². The lowest BCUT2D eigenvalue weighted by molar-refractivity contribution is 0.0693. The number of hydrogen-bond acceptors (Lipinski definition) is 4. The number of benzene rings is 2. The summed E-state index contributed by atoms with van der Waals surface area (Å²) in [5.41, 5.74) is 0.491. The molecule has 0 atom stereocenters. The van der Waals surface area contributed by atoms with E-state index in [1.165, 1.54) is 16.4 Å². The Morgan fingerprint density at radius 3 is 2.44 bits per heavy atom. The normalized spacial score (nSPS) is 15.6. The lowest BCUT2D eigenvalue weighted by atomic mass is 10.1. The highest BCUT2D eigenvalue weighted by Crippen LogP contribution is 2.23. The molecule has 144 valence electrons.